The zero-order valence-electron chi connectivity index (χ0n) is 9.95. The van der Waals surface area contributed by atoms with Crippen molar-refractivity contribution in [3.05, 3.63) is 29.8 Å². The first-order valence-electron chi connectivity index (χ1n) is 6.33. The van der Waals surface area contributed by atoms with Crippen LogP contribution in [0.3, 0.4) is 0 Å². The minimum Gasteiger partial charge on any atom is -0.391 e. The van der Waals surface area contributed by atoms with E-state index >= 15 is 0 Å². The largest absolute Gasteiger partial charge is 0.391 e. The Balaban J connectivity index is 1.96. The van der Waals surface area contributed by atoms with Crippen LogP contribution in [-0.4, -0.2) is 17.3 Å². The zero-order valence-corrected chi connectivity index (χ0v) is 9.95. The number of aliphatic hydroxyl groups is 1. The summed E-state index contributed by atoms with van der Waals surface area (Å²) in [6.07, 6.45) is 5.29. The van der Waals surface area contributed by atoms with Gasteiger partial charge in [0.1, 0.15) is 0 Å². The minimum absolute atomic E-state index is 0.181. The molecule has 0 spiro atoms. The Labute approximate surface area is 97.7 Å². The van der Waals surface area contributed by atoms with Gasteiger partial charge in [0, 0.05) is 5.69 Å². The lowest BCUT2D eigenvalue weighted by molar-refractivity contribution is 0.116. The molecule has 0 aromatic heterocycles. The molecule has 1 fully saturated rings. The third kappa shape index (κ3) is 2.76. The second-order valence-electron chi connectivity index (χ2n) is 4.65. The van der Waals surface area contributed by atoms with Gasteiger partial charge >= 0.3 is 0 Å². The Hall–Kier alpha value is -1.02. The van der Waals surface area contributed by atoms with Crippen LogP contribution in [0.4, 0.5) is 5.69 Å². The quantitative estimate of drug-likeness (QED) is 0.819. The van der Waals surface area contributed by atoms with Crippen molar-refractivity contribution < 1.29 is 5.11 Å². The molecular formula is C14H21NO. The fourth-order valence-corrected chi connectivity index (χ4v) is 2.33. The Morgan fingerprint density at radius 3 is 2.50 bits per heavy atom. The smallest absolute Gasteiger partial charge is 0.0741 e. The summed E-state index contributed by atoms with van der Waals surface area (Å²) in [6.45, 7) is 2.16. The van der Waals surface area contributed by atoms with Crippen molar-refractivity contribution in [1.29, 1.82) is 0 Å². The van der Waals surface area contributed by atoms with Gasteiger partial charge in [-0.05, 0) is 37.0 Å². The van der Waals surface area contributed by atoms with Gasteiger partial charge in [-0.15, -0.1) is 0 Å². The highest BCUT2D eigenvalue weighted by Gasteiger charge is 2.22. The van der Waals surface area contributed by atoms with Crippen molar-refractivity contribution in [3.8, 4) is 0 Å². The number of hydrogen-bond acceptors (Lipinski definition) is 2. The van der Waals surface area contributed by atoms with Crippen molar-refractivity contribution in [1.82, 2.24) is 0 Å². The molecular weight excluding hydrogens is 198 g/mol. The van der Waals surface area contributed by atoms with Crippen molar-refractivity contribution in [3.63, 3.8) is 0 Å². The van der Waals surface area contributed by atoms with Crippen LogP contribution in [0.25, 0.3) is 0 Å². The number of anilines is 1. The van der Waals surface area contributed by atoms with E-state index in [1.165, 1.54) is 12.0 Å². The van der Waals surface area contributed by atoms with E-state index in [4.69, 9.17) is 0 Å². The summed E-state index contributed by atoms with van der Waals surface area (Å²) in [4.78, 5) is 0. The van der Waals surface area contributed by atoms with Crippen LogP contribution in [0.2, 0.25) is 0 Å². The number of nitrogens with one attached hydrogen (secondary N) is 1. The maximum atomic E-state index is 9.87. The molecule has 1 aromatic rings. The predicted octanol–water partition coefficient (Wildman–Crippen LogP) is 2.96. The standard InChI is InChI=1S/C14H21NO/c1-2-11-7-9-12(10-8-11)15-13-5-3-4-6-14(13)16/h7-10,13-16H,2-6H2,1H3/t13-,14-/m0/s1. The summed E-state index contributed by atoms with van der Waals surface area (Å²) in [5.74, 6) is 0. The van der Waals surface area contributed by atoms with E-state index in [-0.39, 0.29) is 12.1 Å². The van der Waals surface area contributed by atoms with Gasteiger partial charge in [-0.3, -0.25) is 0 Å². The van der Waals surface area contributed by atoms with Crippen LogP contribution in [0, 0.1) is 0 Å². The van der Waals surface area contributed by atoms with Crippen molar-refractivity contribution in [2.24, 2.45) is 0 Å². The molecule has 2 nitrogen and oxygen atoms in total. The predicted molar refractivity (Wildman–Crippen MR) is 67.7 cm³/mol. The van der Waals surface area contributed by atoms with Crippen LogP contribution < -0.4 is 5.32 Å². The molecule has 0 saturated heterocycles. The fourth-order valence-electron chi connectivity index (χ4n) is 2.33. The second kappa shape index (κ2) is 5.35. The molecule has 0 radical (unpaired) electrons. The zero-order chi connectivity index (χ0) is 11.4. The van der Waals surface area contributed by atoms with E-state index in [1.807, 2.05) is 0 Å². The van der Waals surface area contributed by atoms with E-state index in [2.05, 4.69) is 36.5 Å². The molecule has 16 heavy (non-hydrogen) atoms. The molecule has 1 aromatic carbocycles. The molecule has 2 heteroatoms. The van der Waals surface area contributed by atoms with Gasteiger partial charge in [0.05, 0.1) is 12.1 Å². The first-order chi connectivity index (χ1) is 7.79. The topological polar surface area (TPSA) is 32.3 Å². The van der Waals surface area contributed by atoms with Crippen LogP contribution in [0.5, 0.6) is 0 Å². The molecule has 0 amide bonds. The van der Waals surface area contributed by atoms with Gasteiger partial charge in [-0.1, -0.05) is 31.9 Å². The molecule has 0 bridgehead atoms. The van der Waals surface area contributed by atoms with Gasteiger partial charge < -0.3 is 10.4 Å². The van der Waals surface area contributed by atoms with Crippen LogP contribution in [0.15, 0.2) is 24.3 Å². The summed E-state index contributed by atoms with van der Waals surface area (Å²) >= 11 is 0. The summed E-state index contributed by atoms with van der Waals surface area (Å²) in [7, 11) is 0. The highest BCUT2D eigenvalue weighted by atomic mass is 16.3. The first-order valence-corrected chi connectivity index (χ1v) is 6.33. The van der Waals surface area contributed by atoms with Crippen LogP contribution in [-0.2, 0) is 6.42 Å². The lowest BCUT2D eigenvalue weighted by atomic mass is 9.92. The minimum atomic E-state index is -0.181. The summed E-state index contributed by atoms with van der Waals surface area (Å²) in [5.41, 5.74) is 2.48. The number of rotatable bonds is 3. The molecule has 0 aliphatic heterocycles. The highest BCUT2D eigenvalue weighted by Crippen LogP contribution is 2.22. The number of benzene rings is 1. The van der Waals surface area contributed by atoms with E-state index in [9.17, 15) is 5.11 Å². The molecule has 1 aliphatic carbocycles. The normalized spacial score (nSPS) is 25.4. The molecule has 0 heterocycles. The van der Waals surface area contributed by atoms with Crippen molar-refractivity contribution in [2.45, 2.75) is 51.2 Å². The fraction of sp³-hybridized carbons (Fsp3) is 0.571. The van der Waals surface area contributed by atoms with Crippen molar-refractivity contribution >= 4 is 5.69 Å². The maximum absolute atomic E-state index is 9.87. The second-order valence-corrected chi connectivity index (χ2v) is 4.65. The molecule has 1 saturated carbocycles. The van der Waals surface area contributed by atoms with Crippen molar-refractivity contribution in [2.75, 3.05) is 5.32 Å². The van der Waals surface area contributed by atoms with Gasteiger partial charge in [0.15, 0.2) is 0 Å². The van der Waals surface area contributed by atoms with E-state index < -0.39 is 0 Å². The monoisotopic (exact) mass is 219 g/mol. The number of aliphatic hydroxyl groups excluding tert-OH is 1. The van der Waals surface area contributed by atoms with E-state index in [0.29, 0.717) is 0 Å². The lowest BCUT2D eigenvalue weighted by Gasteiger charge is -2.29. The highest BCUT2D eigenvalue weighted by molar-refractivity contribution is 5.45. The first kappa shape index (κ1) is 11.5. The third-order valence-corrected chi connectivity index (χ3v) is 3.44. The number of aryl methyl sites for hydroxylation is 1. The van der Waals surface area contributed by atoms with Gasteiger partial charge in [-0.2, -0.15) is 0 Å². The molecule has 2 N–H and O–H groups in total. The average molecular weight is 219 g/mol. The van der Waals surface area contributed by atoms with Crippen LogP contribution in [0.1, 0.15) is 38.2 Å². The SMILES string of the molecule is CCc1ccc(N[C@H]2CCCC[C@@H]2O)cc1. The Kier molecular flexibility index (Phi) is 3.83. The van der Waals surface area contributed by atoms with E-state index in [1.54, 1.807) is 0 Å². The summed E-state index contributed by atoms with van der Waals surface area (Å²) in [6, 6.07) is 8.76. The molecule has 2 atom stereocenters. The summed E-state index contributed by atoms with van der Waals surface area (Å²) in [5, 5.41) is 13.3. The Morgan fingerprint density at radius 1 is 1.19 bits per heavy atom. The Morgan fingerprint density at radius 2 is 1.88 bits per heavy atom. The van der Waals surface area contributed by atoms with Gasteiger partial charge in [-0.25, -0.2) is 0 Å². The maximum Gasteiger partial charge on any atom is 0.0741 e. The third-order valence-electron chi connectivity index (χ3n) is 3.44. The Bertz CT molecular complexity index is 320. The summed E-state index contributed by atoms with van der Waals surface area (Å²) < 4.78 is 0. The van der Waals surface area contributed by atoms with Crippen LogP contribution >= 0.6 is 0 Å². The molecule has 1 aliphatic rings. The van der Waals surface area contributed by atoms with Gasteiger partial charge in [0.25, 0.3) is 0 Å². The molecule has 2 rings (SSSR count). The van der Waals surface area contributed by atoms with Gasteiger partial charge in [0.2, 0.25) is 0 Å². The number of hydrogen-bond donors (Lipinski definition) is 2. The lowest BCUT2D eigenvalue weighted by Crippen LogP contribution is -2.36. The molecule has 88 valence electrons. The molecule has 0 unspecified atom stereocenters. The average Bonchev–Trinajstić information content (AvgIpc) is 2.33. The van der Waals surface area contributed by atoms with E-state index in [0.717, 1.165) is 31.4 Å².